The summed E-state index contributed by atoms with van der Waals surface area (Å²) in [4.78, 5) is 12.7. The molecule has 1 aliphatic rings. The van der Waals surface area contributed by atoms with Gasteiger partial charge in [-0.15, -0.1) is 0 Å². The zero-order valence-corrected chi connectivity index (χ0v) is 11.7. The van der Waals surface area contributed by atoms with Gasteiger partial charge in [-0.25, -0.2) is 0 Å². The Hall–Kier alpha value is -1.14. The van der Waals surface area contributed by atoms with Crippen LogP contribution in [-0.2, 0) is 10.1 Å². The minimum absolute atomic E-state index is 0.140. The molecule has 0 aromatic heterocycles. The number of non-ortho nitro benzene ring substituents is 1. The summed E-state index contributed by atoms with van der Waals surface area (Å²) in [5.41, 5.74) is 1.95. The fourth-order valence-electron chi connectivity index (χ4n) is 2.07. The van der Waals surface area contributed by atoms with Crippen molar-refractivity contribution in [1.29, 1.82) is 0 Å². The highest BCUT2D eigenvalue weighted by atomic mass is 79.9. The van der Waals surface area contributed by atoms with Gasteiger partial charge in [0.25, 0.3) is 5.69 Å². The largest absolute Gasteiger partial charge is 0.375 e. The van der Waals surface area contributed by atoms with Crippen molar-refractivity contribution in [2.24, 2.45) is 0 Å². The van der Waals surface area contributed by atoms with Crippen molar-refractivity contribution >= 4 is 27.3 Å². The molecule has 1 aliphatic heterocycles. The lowest BCUT2D eigenvalue weighted by Gasteiger charge is -2.33. The predicted octanol–water partition coefficient (Wildman–Crippen LogP) is 2.71. The minimum atomic E-state index is -0.348. The van der Waals surface area contributed by atoms with Gasteiger partial charge in [-0.05, 0) is 18.6 Å². The Bertz CT molecular complexity index is 453. The zero-order valence-electron chi connectivity index (χ0n) is 10.1. The van der Waals surface area contributed by atoms with E-state index in [2.05, 4.69) is 20.8 Å². The van der Waals surface area contributed by atoms with Crippen LogP contribution < -0.4 is 4.90 Å². The number of hydrogen-bond donors (Lipinski definition) is 0. The number of hydrogen-bond acceptors (Lipinski definition) is 4. The first-order valence-electron chi connectivity index (χ1n) is 5.81. The van der Waals surface area contributed by atoms with Gasteiger partial charge in [0.1, 0.15) is 0 Å². The molecule has 0 spiro atoms. The standard InChI is InChI=1S/C12H15BrN2O3/c1-9-8-14(2-3-18-9)11-4-10(7-13)5-12(6-11)15(16)17/h4-6,9H,2-3,7-8H2,1H3/t9-/m1/s1. The molecule has 1 aromatic carbocycles. The summed E-state index contributed by atoms with van der Waals surface area (Å²) in [7, 11) is 0. The number of nitrogens with zero attached hydrogens (tertiary/aromatic N) is 2. The predicted molar refractivity (Wildman–Crippen MR) is 73.4 cm³/mol. The van der Waals surface area contributed by atoms with E-state index in [0.29, 0.717) is 11.9 Å². The van der Waals surface area contributed by atoms with Gasteiger partial charge in [0.05, 0.1) is 17.6 Å². The van der Waals surface area contributed by atoms with Crippen LogP contribution in [-0.4, -0.2) is 30.7 Å². The first-order valence-corrected chi connectivity index (χ1v) is 6.93. The average Bonchev–Trinajstić information content (AvgIpc) is 2.38. The third-order valence-corrected chi connectivity index (χ3v) is 3.58. The van der Waals surface area contributed by atoms with E-state index in [4.69, 9.17) is 4.74 Å². The summed E-state index contributed by atoms with van der Waals surface area (Å²) < 4.78 is 5.48. The van der Waals surface area contributed by atoms with Crippen LogP contribution in [0.5, 0.6) is 0 Å². The number of halogens is 1. The van der Waals surface area contributed by atoms with Crippen LogP contribution in [0.1, 0.15) is 12.5 Å². The van der Waals surface area contributed by atoms with Crippen LogP contribution in [0.4, 0.5) is 11.4 Å². The SMILES string of the molecule is C[C@@H]1CN(c2cc(CBr)cc([N+](=O)[O-])c2)CCO1. The minimum Gasteiger partial charge on any atom is -0.375 e. The van der Waals surface area contributed by atoms with Crippen LogP contribution in [0.3, 0.4) is 0 Å². The number of ether oxygens (including phenoxy) is 1. The first-order chi connectivity index (χ1) is 8.60. The number of anilines is 1. The molecule has 5 nitrogen and oxygen atoms in total. The Morgan fingerprint density at radius 3 is 2.94 bits per heavy atom. The van der Waals surface area contributed by atoms with Crippen LogP contribution in [0.2, 0.25) is 0 Å². The second-order valence-corrected chi connectivity index (χ2v) is 4.94. The van der Waals surface area contributed by atoms with Gasteiger partial charge >= 0.3 is 0 Å². The third-order valence-electron chi connectivity index (χ3n) is 2.93. The normalized spacial score (nSPS) is 19.9. The molecule has 0 aliphatic carbocycles. The lowest BCUT2D eigenvalue weighted by atomic mass is 10.1. The number of morpholine rings is 1. The highest BCUT2D eigenvalue weighted by Crippen LogP contribution is 2.26. The van der Waals surface area contributed by atoms with Gasteiger partial charge in [-0.1, -0.05) is 15.9 Å². The summed E-state index contributed by atoms with van der Waals surface area (Å²) in [5.74, 6) is 0. The van der Waals surface area contributed by atoms with Gasteiger partial charge in [0.15, 0.2) is 0 Å². The van der Waals surface area contributed by atoms with E-state index in [-0.39, 0.29) is 16.7 Å². The molecule has 1 saturated heterocycles. The van der Waals surface area contributed by atoms with Gasteiger partial charge in [-0.2, -0.15) is 0 Å². The van der Waals surface area contributed by atoms with Crippen molar-refractivity contribution in [2.45, 2.75) is 18.4 Å². The molecule has 0 amide bonds. The molecule has 0 unspecified atom stereocenters. The number of nitro benzene ring substituents is 1. The molecule has 2 rings (SSSR count). The second kappa shape index (κ2) is 5.67. The quantitative estimate of drug-likeness (QED) is 0.489. The molecule has 1 atom stereocenters. The lowest BCUT2D eigenvalue weighted by molar-refractivity contribution is -0.384. The lowest BCUT2D eigenvalue weighted by Crippen LogP contribution is -2.41. The smallest absolute Gasteiger partial charge is 0.271 e. The third kappa shape index (κ3) is 3.00. The highest BCUT2D eigenvalue weighted by molar-refractivity contribution is 9.08. The van der Waals surface area contributed by atoms with E-state index in [1.807, 2.05) is 13.0 Å². The first kappa shape index (κ1) is 13.3. The summed E-state index contributed by atoms with van der Waals surface area (Å²) in [6.07, 6.45) is 0.158. The van der Waals surface area contributed by atoms with Crippen molar-refractivity contribution in [3.63, 3.8) is 0 Å². The molecule has 0 radical (unpaired) electrons. The van der Waals surface area contributed by atoms with Crippen LogP contribution in [0, 0.1) is 10.1 Å². The molecule has 0 bridgehead atoms. The van der Waals surface area contributed by atoms with Crippen LogP contribution in [0.25, 0.3) is 0 Å². The fraction of sp³-hybridized carbons (Fsp3) is 0.500. The van der Waals surface area contributed by atoms with Crippen LogP contribution >= 0.6 is 15.9 Å². The maximum atomic E-state index is 10.9. The monoisotopic (exact) mass is 314 g/mol. The Balaban J connectivity index is 2.31. The molecule has 98 valence electrons. The Kier molecular flexibility index (Phi) is 4.19. The maximum Gasteiger partial charge on any atom is 0.271 e. The van der Waals surface area contributed by atoms with E-state index in [1.165, 1.54) is 0 Å². The topological polar surface area (TPSA) is 55.6 Å². The van der Waals surface area contributed by atoms with Gasteiger partial charge < -0.3 is 9.64 Å². The Morgan fingerprint density at radius 1 is 1.56 bits per heavy atom. The molecule has 0 N–H and O–H groups in total. The number of benzene rings is 1. The van der Waals surface area contributed by atoms with Crippen molar-refractivity contribution in [3.8, 4) is 0 Å². The maximum absolute atomic E-state index is 10.9. The van der Waals surface area contributed by atoms with E-state index in [0.717, 1.165) is 24.3 Å². The average molecular weight is 315 g/mol. The number of nitro groups is 1. The van der Waals surface area contributed by atoms with E-state index < -0.39 is 0 Å². The zero-order chi connectivity index (χ0) is 13.1. The Labute approximate surface area is 114 Å². The molecular formula is C12H15BrN2O3. The second-order valence-electron chi connectivity index (χ2n) is 4.38. The van der Waals surface area contributed by atoms with E-state index >= 15 is 0 Å². The van der Waals surface area contributed by atoms with Crippen LogP contribution in [0.15, 0.2) is 18.2 Å². The molecule has 18 heavy (non-hydrogen) atoms. The molecule has 0 saturated carbocycles. The van der Waals surface area contributed by atoms with E-state index in [1.54, 1.807) is 12.1 Å². The fourth-order valence-corrected chi connectivity index (χ4v) is 2.40. The number of alkyl halides is 1. The van der Waals surface area contributed by atoms with E-state index in [9.17, 15) is 10.1 Å². The van der Waals surface area contributed by atoms with Crippen molar-refractivity contribution in [2.75, 3.05) is 24.6 Å². The summed E-state index contributed by atoms with van der Waals surface area (Å²) in [5, 5.41) is 11.5. The van der Waals surface area contributed by atoms with Gasteiger partial charge in [0.2, 0.25) is 0 Å². The van der Waals surface area contributed by atoms with Crippen molar-refractivity contribution in [1.82, 2.24) is 0 Å². The van der Waals surface area contributed by atoms with Gasteiger partial charge in [0, 0.05) is 36.2 Å². The van der Waals surface area contributed by atoms with Gasteiger partial charge in [-0.3, -0.25) is 10.1 Å². The molecule has 1 fully saturated rings. The number of rotatable bonds is 3. The molecular weight excluding hydrogens is 300 g/mol. The highest BCUT2D eigenvalue weighted by Gasteiger charge is 2.19. The van der Waals surface area contributed by atoms with Crippen molar-refractivity contribution < 1.29 is 9.66 Å². The van der Waals surface area contributed by atoms with Crippen molar-refractivity contribution in [3.05, 3.63) is 33.9 Å². The molecule has 6 heteroatoms. The Morgan fingerprint density at radius 2 is 2.33 bits per heavy atom. The summed E-state index contributed by atoms with van der Waals surface area (Å²) in [6.45, 7) is 4.21. The molecule has 1 heterocycles. The summed E-state index contributed by atoms with van der Waals surface area (Å²) >= 11 is 3.35. The molecule has 1 aromatic rings. The summed E-state index contributed by atoms with van der Waals surface area (Å²) in [6, 6.07) is 5.21.